The maximum Gasteiger partial charge on any atom is 0.220 e. The van der Waals surface area contributed by atoms with E-state index in [0.29, 0.717) is 33.4 Å². The molecule has 1 unspecified atom stereocenters. The number of carbonyl (C=O) groups excluding carboxylic acids is 1. The van der Waals surface area contributed by atoms with Crippen LogP contribution < -0.4 is 9.47 Å². The fourth-order valence-electron chi connectivity index (χ4n) is 1.83. The van der Waals surface area contributed by atoms with Gasteiger partial charge in [-0.15, -0.1) is 0 Å². The number of rotatable bonds is 7. The lowest BCUT2D eigenvalue weighted by atomic mass is 10.1. The molecule has 1 aromatic heterocycles. The van der Waals surface area contributed by atoms with E-state index in [-0.39, 0.29) is 0 Å². The molecule has 0 saturated heterocycles. The third kappa shape index (κ3) is 4.73. The zero-order chi connectivity index (χ0) is 16.8. The van der Waals surface area contributed by atoms with Crippen LogP contribution in [0.1, 0.15) is 5.56 Å². The summed E-state index contributed by atoms with van der Waals surface area (Å²) >= 11 is 13.5. The first kappa shape index (κ1) is 17.8. The molecule has 0 amide bonds. The van der Waals surface area contributed by atoms with Crippen LogP contribution in [0.25, 0.3) is 0 Å². The van der Waals surface area contributed by atoms with E-state index >= 15 is 0 Å². The predicted octanol–water partition coefficient (Wildman–Crippen LogP) is 3.70. The van der Waals surface area contributed by atoms with Crippen LogP contribution in [-0.2, 0) is 11.2 Å². The predicted molar refractivity (Wildman–Crippen MR) is 91.0 cm³/mol. The molecule has 1 aromatic carbocycles. The molecular weight excluding hydrogens is 359 g/mol. The average Bonchev–Trinajstić information content (AvgIpc) is 2.56. The Bertz CT molecular complexity index is 658. The first-order chi connectivity index (χ1) is 11.1. The summed E-state index contributed by atoms with van der Waals surface area (Å²) < 4.78 is 10.2. The second-order valence-electron chi connectivity index (χ2n) is 4.43. The van der Waals surface area contributed by atoms with Gasteiger partial charge in [0.05, 0.1) is 25.5 Å². The Kier molecular flexibility index (Phi) is 6.50. The number of halogens is 2. The fraction of sp³-hybridized carbons (Fsp3) is 0.267. The number of aromatic nitrogens is 2. The number of hydrogen-bond donors (Lipinski definition) is 0. The van der Waals surface area contributed by atoms with E-state index in [9.17, 15) is 4.79 Å². The summed E-state index contributed by atoms with van der Waals surface area (Å²) in [5, 5.41) is 0.980. The number of benzene rings is 1. The molecule has 23 heavy (non-hydrogen) atoms. The van der Waals surface area contributed by atoms with Crippen molar-refractivity contribution in [3.63, 3.8) is 0 Å². The van der Waals surface area contributed by atoms with Crippen molar-refractivity contribution in [3.8, 4) is 11.8 Å². The highest BCUT2D eigenvalue weighted by Crippen LogP contribution is 2.31. The van der Waals surface area contributed by atoms with Gasteiger partial charge in [-0.25, -0.2) is 0 Å². The monoisotopic (exact) mass is 372 g/mol. The summed E-state index contributed by atoms with van der Waals surface area (Å²) in [7, 11) is 2.99. The minimum Gasteiger partial charge on any atom is -0.481 e. The Labute approximate surface area is 148 Å². The smallest absolute Gasteiger partial charge is 0.220 e. The lowest BCUT2D eigenvalue weighted by Crippen LogP contribution is -2.10. The van der Waals surface area contributed by atoms with Crippen LogP contribution in [0, 0.1) is 0 Å². The van der Waals surface area contributed by atoms with Gasteiger partial charge in [0.1, 0.15) is 6.29 Å². The molecule has 0 spiro atoms. The second-order valence-corrected chi connectivity index (χ2v) is 6.45. The summed E-state index contributed by atoms with van der Waals surface area (Å²) in [6, 6.07) is 6.79. The van der Waals surface area contributed by atoms with E-state index in [1.165, 1.54) is 26.0 Å². The summed E-state index contributed by atoms with van der Waals surface area (Å²) in [5.41, 5.74) is 0.718. The highest BCUT2D eigenvalue weighted by Gasteiger charge is 2.17. The molecule has 0 aliphatic rings. The zero-order valence-electron chi connectivity index (χ0n) is 12.5. The van der Waals surface area contributed by atoms with Crippen molar-refractivity contribution in [1.82, 2.24) is 9.97 Å². The Balaban J connectivity index is 2.21. The third-order valence-corrected chi connectivity index (χ3v) is 4.63. The lowest BCUT2D eigenvalue weighted by Gasteiger charge is -2.12. The van der Waals surface area contributed by atoms with Crippen molar-refractivity contribution in [2.24, 2.45) is 0 Å². The highest BCUT2D eigenvalue weighted by molar-refractivity contribution is 8.00. The first-order valence-corrected chi connectivity index (χ1v) is 8.22. The van der Waals surface area contributed by atoms with E-state index in [4.69, 9.17) is 32.7 Å². The molecule has 0 bridgehead atoms. The molecule has 2 rings (SSSR count). The van der Waals surface area contributed by atoms with Crippen LogP contribution in [0.2, 0.25) is 10.0 Å². The number of ether oxygens (including phenoxy) is 2. The van der Waals surface area contributed by atoms with E-state index in [1.807, 2.05) is 0 Å². The molecule has 122 valence electrons. The van der Waals surface area contributed by atoms with Crippen molar-refractivity contribution in [1.29, 1.82) is 0 Å². The van der Waals surface area contributed by atoms with Gasteiger partial charge in [-0.3, -0.25) is 0 Å². The number of nitrogens with zero attached hydrogens (tertiary/aromatic N) is 2. The number of aldehydes is 1. The minimum absolute atomic E-state index is 0.361. The Hall–Kier alpha value is -1.50. The van der Waals surface area contributed by atoms with Crippen LogP contribution in [-0.4, -0.2) is 35.7 Å². The molecular formula is C15H14Cl2N2O3S. The summed E-state index contributed by atoms with van der Waals surface area (Å²) in [6.07, 6.45) is 1.19. The van der Waals surface area contributed by atoms with Gasteiger partial charge in [0.15, 0.2) is 5.16 Å². The van der Waals surface area contributed by atoms with Gasteiger partial charge in [0.25, 0.3) is 0 Å². The van der Waals surface area contributed by atoms with Crippen molar-refractivity contribution in [2.45, 2.75) is 16.8 Å². The van der Waals surface area contributed by atoms with Gasteiger partial charge >= 0.3 is 0 Å². The molecule has 0 aliphatic heterocycles. The molecule has 0 fully saturated rings. The zero-order valence-corrected chi connectivity index (χ0v) is 14.8. The minimum atomic E-state index is -0.441. The quantitative estimate of drug-likeness (QED) is 0.419. The van der Waals surface area contributed by atoms with Gasteiger partial charge in [0, 0.05) is 10.0 Å². The van der Waals surface area contributed by atoms with Crippen molar-refractivity contribution in [2.75, 3.05) is 14.2 Å². The third-order valence-electron chi connectivity index (χ3n) is 2.95. The molecule has 8 heteroatoms. The topological polar surface area (TPSA) is 61.3 Å². The Morgan fingerprint density at radius 1 is 1.17 bits per heavy atom. The number of methoxy groups -OCH3 is 2. The van der Waals surface area contributed by atoms with Gasteiger partial charge in [-0.1, -0.05) is 41.0 Å². The molecule has 1 heterocycles. The molecule has 0 radical (unpaired) electrons. The standard InChI is InChI=1S/C15H14Cl2N2O3S/c1-21-13-7-14(22-2)19-15(18-13)23-9(8-20)6-10-11(16)4-3-5-12(10)17/h3-5,7-9H,6H2,1-2H3. The Morgan fingerprint density at radius 2 is 1.74 bits per heavy atom. The van der Waals surface area contributed by atoms with Crippen molar-refractivity contribution < 1.29 is 14.3 Å². The van der Waals surface area contributed by atoms with Crippen LogP contribution in [0.15, 0.2) is 29.4 Å². The highest BCUT2D eigenvalue weighted by atomic mass is 35.5. The number of carbonyl (C=O) groups is 1. The maximum absolute atomic E-state index is 11.4. The van der Waals surface area contributed by atoms with E-state index in [0.717, 1.165) is 11.8 Å². The normalized spacial score (nSPS) is 11.8. The largest absolute Gasteiger partial charge is 0.481 e. The second kappa shape index (κ2) is 8.38. The maximum atomic E-state index is 11.4. The molecule has 2 aromatic rings. The molecule has 1 atom stereocenters. The Morgan fingerprint density at radius 3 is 2.22 bits per heavy atom. The van der Waals surface area contributed by atoms with Crippen molar-refractivity contribution >= 4 is 41.2 Å². The average molecular weight is 373 g/mol. The van der Waals surface area contributed by atoms with Gasteiger partial charge in [-0.2, -0.15) is 9.97 Å². The van der Waals surface area contributed by atoms with Crippen LogP contribution in [0.5, 0.6) is 11.8 Å². The van der Waals surface area contributed by atoms with E-state index in [2.05, 4.69) is 9.97 Å². The fourth-order valence-corrected chi connectivity index (χ4v) is 3.24. The van der Waals surface area contributed by atoms with Gasteiger partial charge in [-0.05, 0) is 24.1 Å². The number of hydrogen-bond acceptors (Lipinski definition) is 6. The first-order valence-electron chi connectivity index (χ1n) is 6.59. The molecule has 5 nitrogen and oxygen atoms in total. The van der Waals surface area contributed by atoms with Gasteiger partial charge < -0.3 is 14.3 Å². The van der Waals surface area contributed by atoms with Gasteiger partial charge in [0.2, 0.25) is 11.8 Å². The number of thioether (sulfide) groups is 1. The summed E-state index contributed by atoms with van der Waals surface area (Å²) in [5.74, 6) is 0.722. The van der Waals surface area contributed by atoms with E-state index < -0.39 is 5.25 Å². The summed E-state index contributed by atoms with van der Waals surface area (Å²) in [4.78, 5) is 19.8. The van der Waals surface area contributed by atoms with Crippen LogP contribution in [0.3, 0.4) is 0 Å². The summed E-state index contributed by atoms with van der Waals surface area (Å²) in [6.45, 7) is 0. The van der Waals surface area contributed by atoms with Crippen LogP contribution in [0.4, 0.5) is 0 Å². The SMILES string of the molecule is COc1cc(OC)nc(SC(C=O)Cc2c(Cl)cccc2Cl)n1. The lowest BCUT2D eigenvalue weighted by molar-refractivity contribution is -0.107. The molecule has 0 aliphatic carbocycles. The molecule has 0 N–H and O–H groups in total. The van der Waals surface area contributed by atoms with Crippen molar-refractivity contribution in [3.05, 3.63) is 39.9 Å². The van der Waals surface area contributed by atoms with Crippen LogP contribution >= 0.6 is 35.0 Å². The molecule has 0 saturated carbocycles. The van der Waals surface area contributed by atoms with E-state index in [1.54, 1.807) is 24.3 Å².